The molecule has 0 spiro atoms. The molecule has 0 unspecified atom stereocenters. The zero-order valence-electron chi connectivity index (χ0n) is 11.5. The highest BCUT2D eigenvalue weighted by molar-refractivity contribution is 5.89. The molecular weight excluding hydrogens is 260 g/mol. The van der Waals surface area contributed by atoms with E-state index in [2.05, 4.69) is 5.32 Å². The van der Waals surface area contributed by atoms with E-state index in [1.807, 2.05) is 18.2 Å². The molecule has 2 amide bonds. The Kier molecular flexibility index (Phi) is 7.13. The van der Waals surface area contributed by atoms with Crippen molar-refractivity contribution in [2.24, 2.45) is 0 Å². The van der Waals surface area contributed by atoms with E-state index in [0.29, 0.717) is 12.3 Å². The number of hydrogen-bond acceptors (Lipinski definition) is 4. The van der Waals surface area contributed by atoms with Gasteiger partial charge in [0.25, 0.3) is 0 Å². The topological polar surface area (TPSA) is 78.9 Å². The van der Waals surface area contributed by atoms with Gasteiger partial charge in [0.05, 0.1) is 19.6 Å². The standard InChI is InChI=1S/C14H20N2O4/c1-2-20-13(18)8-9-16(10-11-17)14(19)15-12-6-4-3-5-7-12/h3-7,17H,2,8-11H2,1H3,(H,15,19). The van der Waals surface area contributed by atoms with Gasteiger partial charge in [0.15, 0.2) is 0 Å². The summed E-state index contributed by atoms with van der Waals surface area (Å²) < 4.78 is 4.81. The minimum atomic E-state index is -0.358. The molecule has 1 rings (SSSR count). The van der Waals surface area contributed by atoms with Gasteiger partial charge >= 0.3 is 12.0 Å². The van der Waals surface area contributed by atoms with Gasteiger partial charge in [-0.25, -0.2) is 4.79 Å². The molecule has 0 atom stereocenters. The SMILES string of the molecule is CCOC(=O)CCN(CCO)C(=O)Nc1ccccc1. The van der Waals surface area contributed by atoms with Crippen molar-refractivity contribution < 1.29 is 19.4 Å². The van der Waals surface area contributed by atoms with E-state index in [4.69, 9.17) is 9.84 Å². The molecule has 0 aliphatic carbocycles. The van der Waals surface area contributed by atoms with Crippen molar-refractivity contribution in [3.8, 4) is 0 Å². The van der Waals surface area contributed by atoms with E-state index in [1.165, 1.54) is 4.90 Å². The third-order valence-electron chi connectivity index (χ3n) is 2.57. The molecular formula is C14H20N2O4. The first kappa shape index (κ1) is 16.0. The summed E-state index contributed by atoms with van der Waals surface area (Å²) in [4.78, 5) is 24.7. The second-order valence-corrected chi connectivity index (χ2v) is 4.06. The highest BCUT2D eigenvalue weighted by atomic mass is 16.5. The molecule has 0 heterocycles. The van der Waals surface area contributed by atoms with Crippen LogP contribution in [-0.4, -0.2) is 48.3 Å². The molecule has 2 N–H and O–H groups in total. The van der Waals surface area contributed by atoms with Crippen LogP contribution in [0.5, 0.6) is 0 Å². The van der Waals surface area contributed by atoms with Gasteiger partial charge in [-0.2, -0.15) is 0 Å². The summed E-state index contributed by atoms with van der Waals surface area (Å²) >= 11 is 0. The van der Waals surface area contributed by atoms with Crippen LogP contribution in [0.1, 0.15) is 13.3 Å². The van der Waals surface area contributed by atoms with Crippen LogP contribution in [0.15, 0.2) is 30.3 Å². The molecule has 0 aliphatic heterocycles. The molecule has 0 fully saturated rings. The molecule has 0 saturated heterocycles. The molecule has 110 valence electrons. The lowest BCUT2D eigenvalue weighted by Crippen LogP contribution is -2.38. The molecule has 0 bridgehead atoms. The number of esters is 1. The number of para-hydroxylation sites is 1. The summed E-state index contributed by atoms with van der Waals surface area (Å²) in [6, 6.07) is 8.65. The van der Waals surface area contributed by atoms with Crippen LogP contribution < -0.4 is 5.32 Å². The first-order valence-electron chi connectivity index (χ1n) is 6.54. The van der Waals surface area contributed by atoms with Crippen LogP contribution in [0.4, 0.5) is 10.5 Å². The Bertz CT molecular complexity index is 422. The number of carbonyl (C=O) groups is 2. The van der Waals surface area contributed by atoms with Crippen LogP contribution >= 0.6 is 0 Å². The number of carbonyl (C=O) groups excluding carboxylic acids is 2. The van der Waals surface area contributed by atoms with Crippen LogP contribution in [0.3, 0.4) is 0 Å². The van der Waals surface area contributed by atoms with Gasteiger partial charge < -0.3 is 20.1 Å². The molecule has 0 aliphatic rings. The summed E-state index contributed by atoms with van der Waals surface area (Å²) in [5.74, 6) is -0.358. The Morgan fingerprint density at radius 1 is 1.25 bits per heavy atom. The molecule has 1 aromatic carbocycles. The summed E-state index contributed by atoms with van der Waals surface area (Å²) in [5, 5.41) is 11.7. The van der Waals surface area contributed by atoms with Crippen molar-refractivity contribution >= 4 is 17.7 Å². The van der Waals surface area contributed by atoms with Gasteiger partial charge in [0.1, 0.15) is 0 Å². The van der Waals surface area contributed by atoms with Crippen LogP contribution in [0.25, 0.3) is 0 Å². The normalized spacial score (nSPS) is 9.90. The molecule has 0 radical (unpaired) electrons. The number of benzene rings is 1. The monoisotopic (exact) mass is 280 g/mol. The zero-order valence-corrected chi connectivity index (χ0v) is 11.5. The Balaban J connectivity index is 2.51. The van der Waals surface area contributed by atoms with E-state index in [9.17, 15) is 9.59 Å². The van der Waals surface area contributed by atoms with Gasteiger partial charge in [0.2, 0.25) is 0 Å². The number of urea groups is 1. The average molecular weight is 280 g/mol. The summed E-state index contributed by atoms with van der Waals surface area (Å²) in [7, 11) is 0. The van der Waals surface area contributed by atoms with Crippen molar-refractivity contribution in [1.29, 1.82) is 0 Å². The van der Waals surface area contributed by atoms with E-state index >= 15 is 0 Å². The lowest BCUT2D eigenvalue weighted by atomic mass is 10.3. The van der Waals surface area contributed by atoms with Crippen LogP contribution in [-0.2, 0) is 9.53 Å². The summed E-state index contributed by atoms with van der Waals surface area (Å²) in [5.41, 5.74) is 0.663. The Morgan fingerprint density at radius 3 is 2.55 bits per heavy atom. The molecule has 20 heavy (non-hydrogen) atoms. The third kappa shape index (κ3) is 5.71. The van der Waals surface area contributed by atoms with Gasteiger partial charge in [-0.3, -0.25) is 4.79 Å². The minimum absolute atomic E-state index is 0.107. The maximum atomic E-state index is 12.0. The number of nitrogens with one attached hydrogen (secondary N) is 1. The molecule has 6 heteroatoms. The smallest absolute Gasteiger partial charge is 0.321 e. The molecule has 0 saturated carbocycles. The largest absolute Gasteiger partial charge is 0.466 e. The van der Waals surface area contributed by atoms with Gasteiger partial charge in [-0.05, 0) is 19.1 Å². The second-order valence-electron chi connectivity index (χ2n) is 4.06. The zero-order chi connectivity index (χ0) is 14.8. The van der Waals surface area contributed by atoms with E-state index in [-0.39, 0.29) is 38.1 Å². The first-order chi connectivity index (χ1) is 9.67. The molecule has 6 nitrogen and oxygen atoms in total. The highest BCUT2D eigenvalue weighted by Crippen LogP contribution is 2.07. The fourth-order valence-electron chi connectivity index (χ4n) is 1.62. The quantitative estimate of drug-likeness (QED) is 0.741. The van der Waals surface area contributed by atoms with Gasteiger partial charge in [-0.1, -0.05) is 18.2 Å². The van der Waals surface area contributed by atoms with Crippen molar-refractivity contribution in [3.05, 3.63) is 30.3 Å². The lowest BCUT2D eigenvalue weighted by Gasteiger charge is -2.21. The first-order valence-corrected chi connectivity index (χ1v) is 6.54. The Hall–Kier alpha value is -2.08. The molecule has 1 aromatic rings. The van der Waals surface area contributed by atoms with Crippen molar-refractivity contribution in [1.82, 2.24) is 4.90 Å². The van der Waals surface area contributed by atoms with Gasteiger partial charge in [-0.15, -0.1) is 0 Å². The fourth-order valence-corrected chi connectivity index (χ4v) is 1.62. The number of aliphatic hydroxyl groups excluding tert-OH is 1. The number of rotatable bonds is 7. The van der Waals surface area contributed by atoms with Gasteiger partial charge in [0, 0.05) is 18.8 Å². The van der Waals surface area contributed by atoms with E-state index in [1.54, 1.807) is 19.1 Å². The van der Waals surface area contributed by atoms with Crippen molar-refractivity contribution in [2.75, 3.05) is 31.6 Å². The number of hydrogen-bond donors (Lipinski definition) is 2. The number of aliphatic hydroxyl groups is 1. The Labute approximate surface area is 118 Å². The highest BCUT2D eigenvalue weighted by Gasteiger charge is 2.15. The van der Waals surface area contributed by atoms with Crippen molar-refractivity contribution in [2.45, 2.75) is 13.3 Å². The maximum absolute atomic E-state index is 12.0. The number of ether oxygens (including phenoxy) is 1. The summed E-state index contributed by atoms with van der Waals surface area (Å²) in [6.45, 7) is 2.25. The summed E-state index contributed by atoms with van der Waals surface area (Å²) in [6.07, 6.45) is 0.107. The van der Waals surface area contributed by atoms with Crippen LogP contribution in [0, 0.1) is 0 Å². The second kappa shape index (κ2) is 8.92. The predicted octanol–water partition coefficient (Wildman–Crippen LogP) is 1.47. The number of amides is 2. The Morgan fingerprint density at radius 2 is 1.95 bits per heavy atom. The average Bonchev–Trinajstić information content (AvgIpc) is 2.44. The molecule has 0 aromatic heterocycles. The number of nitrogens with zero attached hydrogens (tertiary/aromatic N) is 1. The van der Waals surface area contributed by atoms with Crippen molar-refractivity contribution in [3.63, 3.8) is 0 Å². The fraction of sp³-hybridized carbons (Fsp3) is 0.429. The minimum Gasteiger partial charge on any atom is -0.466 e. The van der Waals surface area contributed by atoms with Crippen LogP contribution in [0.2, 0.25) is 0 Å². The third-order valence-corrected chi connectivity index (χ3v) is 2.57. The van der Waals surface area contributed by atoms with E-state index in [0.717, 1.165) is 0 Å². The van der Waals surface area contributed by atoms with E-state index < -0.39 is 0 Å². The number of anilines is 1. The predicted molar refractivity (Wildman–Crippen MR) is 75.4 cm³/mol. The lowest BCUT2D eigenvalue weighted by molar-refractivity contribution is -0.143. The maximum Gasteiger partial charge on any atom is 0.321 e.